The first kappa shape index (κ1) is 16.1. The first-order chi connectivity index (χ1) is 11.5. The molecule has 8 heteroatoms. The standard InChI is InChI=1S/C16H23ClN6O/c1-10-12(14(17)22(3)19-10)8-23-7-6-21(2)13(9-23)16-18-15(20-24-16)11-4-5-11/h11,13H,4-9H2,1-3H3. The SMILES string of the molecule is Cc1nn(C)c(Cl)c1CN1CCN(C)C(c2nc(C3CC3)no2)C1. The van der Waals surface area contributed by atoms with Gasteiger partial charge in [-0.2, -0.15) is 10.1 Å². The van der Waals surface area contributed by atoms with E-state index in [0.717, 1.165) is 54.3 Å². The lowest BCUT2D eigenvalue weighted by molar-refractivity contribution is 0.0713. The van der Waals surface area contributed by atoms with E-state index in [1.54, 1.807) is 4.68 Å². The van der Waals surface area contributed by atoms with Crippen LogP contribution in [0, 0.1) is 6.92 Å². The van der Waals surface area contributed by atoms with Crippen LogP contribution in [0.15, 0.2) is 4.52 Å². The number of hydrogen-bond donors (Lipinski definition) is 0. The predicted molar refractivity (Wildman–Crippen MR) is 89.9 cm³/mol. The van der Waals surface area contributed by atoms with Crippen molar-refractivity contribution in [1.82, 2.24) is 29.7 Å². The number of hydrogen-bond acceptors (Lipinski definition) is 6. The number of likely N-dealkylation sites (N-methyl/N-ethyl adjacent to an activating group) is 1. The van der Waals surface area contributed by atoms with Crippen LogP contribution in [0.5, 0.6) is 0 Å². The van der Waals surface area contributed by atoms with Crippen molar-refractivity contribution in [2.75, 3.05) is 26.7 Å². The van der Waals surface area contributed by atoms with Crippen molar-refractivity contribution in [2.24, 2.45) is 7.05 Å². The van der Waals surface area contributed by atoms with E-state index in [1.165, 1.54) is 12.8 Å². The molecule has 130 valence electrons. The molecule has 0 aromatic carbocycles. The van der Waals surface area contributed by atoms with Crippen LogP contribution in [0.2, 0.25) is 5.15 Å². The van der Waals surface area contributed by atoms with Crippen LogP contribution < -0.4 is 0 Å². The summed E-state index contributed by atoms with van der Waals surface area (Å²) in [5.74, 6) is 2.13. The maximum absolute atomic E-state index is 6.38. The van der Waals surface area contributed by atoms with Gasteiger partial charge in [-0.3, -0.25) is 14.5 Å². The van der Waals surface area contributed by atoms with Gasteiger partial charge >= 0.3 is 0 Å². The molecule has 1 atom stereocenters. The smallest absolute Gasteiger partial charge is 0.245 e. The van der Waals surface area contributed by atoms with Crippen molar-refractivity contribution in [3.8, 4) is 0 Å². The number of halogens is 1. The van der Waals surface area contributed by atoms with Gasteiger partial charge in [0.05, 0.1) is 5.69 Å². The van der Waals surface area contributed by atoms with E-state index < -0.39 is 0 Å². The monoisotopic (exact) mass is 350 g/mol. The zero-order chi connectivity index (χ0) is 16.8. The Morgan fingerprint density at radius 3 is 2.71 bits per heavy atom. The van der Waals surface area contributed by atoms with Crippen molar-refractivity contribution in [3.05, 3.63) is 28.1 Å². The summed E-state index contributed by atoms with van der Waals surface area (Å²) in [6, 6.07) is 0.134. The Kier molecular flexibility index (Phi) is 4.10. The van der Waals surface area contributed by atoms with Gasteiger partial charge < -0.3 is 4.52 Å². The Labute approximate surface area is 146 Å². The van der Waals surface area contributed by atoms with E-state index in [-0.39, 0.29) is 6.04 Å². The molecule has 0 radical (unpaired) electrons. The van der Waals surface area contributed by atoms with E-state index in [2.05, 4.69) is 32.1 Å². The predicted octanol–water partition coefficient (Wildman–Crippen LogP) is 2.13. The van der Waals surface area contributed by atoms with E-state index >= 15 is 0 Å². The molecule has 0 amide bonds. The second-order valence-corrected chi connectivity index (χ2v) is 7.33. The van der Waals surface area contributed by atoms with Crippen LogP contribution in [0.1, 0.15) is 47.8 Å². The Morgan fingerprint density at radius 2 is 2.04 bits per heavy atom. The highest BCUT2D eigenvalue weighted by atomic mass is 35.5. The van der Waals surface area contributed by atoms with Gasteiger partial charge in [-0.05, 0) is 26.8 Å². The summed E-state index contributed by atoms with van der Waals surface area (Å²) >= 11 is 6.38. The lowest BCUT2D eigenvalue weighted by Gasteiger charge is -2.37. The molecule has 2 fully saturated rings. The molecule has 0 spiro atoms. The maximum atomic E-state index is 6.38. The summed E-state index contributed by atoms with van der Waals surface area (Å²) < 4.78 is 7.29. The second-order valence-electron chi connectivity index (χ2n) is 6.97. The zero-order valence-electron chi connectivity index (χ0n) is 14.4. The normalized spacial score (nSPS) is 23.1. The summed E-state index contributed by atoms with van der Waals surface area (Å²) in [6.07, 6.45) is 2.37. The van der Waals surface area contributed by atoms with Gasteiger partial charge in [0.15, 0.2) is 5.82 Å². The van der Waals surface area contributed by atoms with Crippen LogP contribution in [-0.2, 0) is 13.6 Å². The second kappa shape index (κ2) is 6.13. The van der Waals surface area contributed by atoms with Gasteiger partial charge in [-0.15, -0.1) is 0 Å². The van der Waals surface area contributed by atoms with Crippen molar-refractivity contribution in [3.63, 3.8) is 0 Å². The first-order valence-corrected chi connectivity index (χ1v) is 8.84. The Balaban J connectivity index is 1.49. The molecule has 2 aromatic heterocycles. The highest BCUT2D eigenvalue weighted by Crippen LogP contribution is 2.39. The molecule has 1 saturated carbocycles. The van der Waals surface area contributed by atoms with E-state index in [4.69, 9.17) is 16.1 Å². The third kappa shape index (κ3) is 2.96. The van der Waals surface area contributed by atoms with E-state index in [0.29, 0.717) is 5.92 Å². The third-order valence-corrected chi connectivity index (χ3v) is 5.54. The molecule has 24 heavy (non-hydrogen) atoms. The molecule has 0 N–H and O–H groups in total. The minimum atomic E-state index is 0.134. The van der Waals surface area contributed by atoms with Crippen LogP contribution in [0.25, 0.3) is 0 Å². The number of aromatic nitrogens is 4. The highest BCUT2D eigenvalue weighted by molar-refractivity contribution is 6.30. The van der Waals surface area contributed by atoms with Gasteiger partial charge in [0, 0.05) is 44.7 Å². The zero-order valence-corrected chi connectivity index (χ0v) is 15.1. The van der Waals surface area contributed by atoms with Crippen LogP contribution >= 0.6 is 11.6 Å². The fourth-order valence-corrected chi connectivity index (χ4v) is 3.54. The number of rotatable bonds is 4. The fraction of sp³-hybridized carbons (Fsp3) is 0.688. The topological polar surface area (TPSA) is 63.2 Å². The Bertz CT molecular complexity index is 737. The van der Waals surface area contributed by atoms with Gasteiger partial charge in [0.25, 0.3) is 0 Å². The average Bonchev–Trinajstić information content (AvgIpc) is 3.25. The Morgan fingerprint density at radius 1 is 1.25 bits per heavy atom. The largest absolute Gasteiger partial charge is 0.338 e. The van der Waals surface area contributed by atoms with Crippen LogP contribution in [0.3, 0.4) is 0 Å². The molecule has 4 rings (SSSR count). The number of nitrogens with zero attached hydrogens (tertiary/aromatic N) is 6. The van der Waals surface area contributed by atoms with Crippen LogP contribution in [0.4, 0.5) is 0 Å². The quantitative estimate of drug-likeness (QED) is 0.841. The first-order valence-electron chi connectivity index (χ1n) is 8.47. The van der Waals surface area contributed by atoms with Crippen LogP contribution in [-0.4, -0.2) is 56.4 Å². The van der Waals surface area contributed by atoms with E-state index in [9.17, 15) is 0 Å². The van der Waals surface area contributed by atoms with Gasteiger partial charge in [-0.1, -0.05) is 16.8 Å². The summed E-state index contributed by atoms with van der Waals surface area (Å²) in [5, 5.41) is 9.29. The summed E-state index contributed by atoms with van der Waals surface area (Å²) in [5.41, 5.74) is 2.10. The molecule has 3 heterocycles. The van der Waals surface area contributed by atoms with Gasteiger partial charge in [0.2, 0.25) is 5.89 Å². The molecular formula is C16H23ClN6O. The van der Waals surface area contributed by atoms with Crippen molar-refractivity contribution in [1.29, 1.82) is 0 Å². The van der Waals surface area contributed by atoms with E-state index in [1.807, 2.05) is 14.0 Å². The lowest BCUT2D eigenvalue weighted by atomic mass is 10.1. The average molecular weight is 351 g/mol. The maximum Gasteiger partial charge on any atom is 0.245 e. The lowest BCUT2D eigenvalue weighted by Crippen LogP contribution is -2.46. The summed E-state index contributed by atoms with van der Waals surface area (Å²) in [7, 11) is 3.99. The molecule has 2 aliphatic rings. The molecule has 1 aliphatic carbocycles. The van der Waals surface area contributed by atoms with Gasteiger partial charge in [0.1, 0.15) is 11.2 Å². The minimum Gasteiger partial charge on any atom is -0.338 e. The molecule has 7 nitrogen and oxygen atoms in total. The molecule has 2 aromatic rings. The number of piperazine rings is 1. The summed E-state index contributed by atoms with van der Waals surface area (Å²) in [4.78, 5) is 9.32. The van der Waals surface area contributed by atoms with Crippen molar-refractivity contribution >= 4 is 11.6 Å². The Hall–Kier alpha value is -1.44. The molecule has 1 unspecified atom stereocenters. The molecular weight excluding hydrogens is 328 g/mol. The molecule has 1 aliphatic heterocycles. The minimum absolute atomic E-state index is 0.134. The molecule has 0 bridgehead atoms. The van der Waals surface area contributed by atoms with Crippen molar-refractivity contribution < 1.29 is 4.52 Å². The fourth-order valence-electron chi connectivity index (χ4n) is 3.31. The highest BCUT2D eigenvalue weighted by Gasteiger charge is 2.34. The molecule has 1 saturated heterocycles. The van der Waals surface area contributed by atoms with Gasteiger partial charge in [-0.25, -0.2) is 0 Å². The third-order valence-electron chi connectivity index (χ3n) is 5.07. The van der Waals surface area contributed by atoms with Crippen molar-refractivity contribution in [2.45, 2.75) is 38.3 Å². The summed E-state index contributed by atoms with van der Waals surface area (Å²) in [6.45, 7) is 5.61. The number of aryl methyl sites for hydroxylation is 2.